The topological polar surface area (TPSA) is 117 Å². The molecule has 1 rings (SSSR count). The smallest absolute Gasteiger partial charge is 0.259 e. The first kappa shape index (κ1) is 18.8. The maximum atomic E-state index is 12.0. The maximum Gasteiger partial charge on any atom is 0.259 e. The number of carbonyl (C=O) groups is 2. The van der Waals surface area contributed by atoms with E-state index in [4.69, 9.17) is 0 Å². The van der Waals surface area contributed by atoms with Gasteiger partial charge in [0.1, 0.15) is 0 Å². The lowest BCUT2D eigenvalue weighted by atomic mass is 10.2. The number of sulfonamides is 1. The summed E-state index contributed by atoms with van der Waals surface area (Å²) in [5.74, 6) is -1.12. The molecule has 0 aliphatic carbocycles. The Kier molecular flexibility index (Phi) is 6.86. The zero-order chi connectivity index (χ0) is 17.5. The molecule has 2 amide bonds. The molecule has 9 heteroatoms. The molecule has 3 N–H and O–H groups in total. The van der Waals surface area contributed by atoms with Crippen LogP contribution in [0.2, 0.25) is 0 Å². The number of benzene rings is 1. The third kappa shape index (κ3) is 7.02. The average Bonchev–Trinajstić information content (AvgIpc) is 2.49. The number of hydrogen-bond donors (Lipinski definition) is 3. The van der Waals surface area contributed by atoms with Gasteiger partial charge in [-0.15, -0.1) is 0 Å². The summed E-state index contributed by atoms with van der Waals surface area (Å²) in [4.78, 5) is 23.0. The van der Waals surface area contributed by atoms with E-state index >= 15 is 0 Å². The van der Waals surface area contributed by atoms with Gasteiger partial charge in [0.05, 0.1) is 18.0 Å². The summed E-state index contributed by atoms with van der Waals surface area (Å²) in [7, 11) is -3.77. The van der Waals surface area contributed by atoms with Gasteiger partial charge in [-0.05, 0) is 32.9 Å². The zero-order valence-electron chi connectivity index (χ0n) is 13.2. The standard InChI is InChI=1S/C14H20N4O4S/c1-10(2)17-18-14(20)8-15-13(19)9-16-23(21,22)12-6-4-11(3)5-7-12/h4-7,16H,8-9H2,1-3H3,(H,15,19)(H,18,20). The van der Waals surface area contributed by atoms with E-state index in [1.54, 1.807) is 26.0 Å². The molecular weight excluding hydrogens is 320 g/mol. The average molecular weight is 340 g/mol. The fourth-order valence-corrected chi connectivity index (χ4v) is 2.40. The molecule has 0 fully saturated rings. The molecule has 0 atom stereocenters. The Hall–Kier alpha value is -2.26. The highest BCUT2D eigenvalue weighted by Gasteiger charge is 2.15. The van der Waals surface area contributed by atoms with Gasteiger partial charge in [0.2, 0.25) is 15.9 Å². The van der Waals surface area contributed by atoms with E-state index in [2.05, 4.69) is 20.6 Å². The van der Waals surface area contributed by atoms with E-state index in [0.29, 0.717) is 5.71 Å². The number of aryl methyl sites for hydroxylation is 1. The van der Waals surface area contributed by atoms with Crippen molar-refractivity contribution in [2.75, 3.05) is 13.1 Å². The lowest BCUT2D eigenvalue weighted by molar-refractivity contribution is -0.125. The van der Waals surface area contributed by atoms with Crippen molar-refractivity contribution in [2.45, 2.75) is 25.7 Å². The number of nitrogens with zero attached hydrogens (tertiary/aromatic N) is 1. The molecule has 0 unspecified atom stereocenters. The Morgan fingerprint density at radius 3 is 2.22 bits per heavy atom. The van der Waals surface area contributed by atoms with Crippen LogP contribution >= 0.6 is 0 Å². The summed E-state index contributed by atoms with van der Waals surface area (Å²) in [6.07, 6.45) is 0. The highest BCUT2D eigenvalue weighted by molar-refractivity contribution is 7.89. The van der Waals surface area contributed by atoms with Crippen LogP contribution in [0.3, 0.4) is 0 Å². The van der Waals surface area contributed by atoms with Crippen molar-refractivity contribution in [3.63, 3.8) is 0 Å². The minimum atomic E-state index is -3.77. The van der Waals surface area contributed by atoms with Gasteiger partial charge in [0, 0.05) is 5.71 Å². The first-order valence-corrected chi connectivity index (χ1v) is 8.32. The first-order valence-electron chi connectivity index (χ1n) is 6.83. The molecule has 0 saturated heterocycles. The SMILES string of the molecule is CC(C)=NNC(=O)CNC(=O)CNS(=O)(=O)c1ccc(C)cc1. The van der Waals surface area contributed by atoms with Gasteiger partial charge in [0.25, 0.3) is 5.91 Å². The van der Waals surface area contributed by atoms with Gasteiger partial charge in [-0.25, -0.2) is 18.6 Å². The number of nitrogens with one attached hydrogen (secondary N) is 3. The number of rotatable bonds is 7. The Morgan fingerprint density at radius 2 is 1.65 bits per heavy atom. The molecule has 0 aliphatic heterocycles. The molecule has 0 aromatic heterocycles. The van der Waals surface area contributed by atoms with Crippen LogP contribution in [0.5, 0.6) is 0 Å². The van der Waals surface area contributed by atoms with Crippen LogP contribution in [0.1, 0.15) is 19.4 Å². The zero-order valence-corrected chi connectivity index (χ0v) is 14.0. The van der Waals surface area contributed by atoms with E-state index in [-0.39, 0.29) is 11.4 Å². The Balaban J connectivity index is 2.45. The van der Waals surface area contributed by atoms with Crippen LogP contribution in [-0.2, 0) is 19.6 Å². The van der Waals surface area contributed by atoms with Crippen molar-refractivity contribution in [2.24, 2.45) is 5.10 Å². The van der Waals surface area contributed by atoms with Crippen molar-refractivity contribution in [1.82, 2.24) is 15.5 Å². The van der Waals surface area contributed by atoms with Gasteiger partial charge in [-0.2, -0.15) is 5.10 Å². The van der Waals surface area contributed by atoms with E-state index in [9.17, 15) is 18.0 Å². The Labute approximate surface area is 135 Å². The fraction of sp³-hybridized carbons (Fsp3) is 0.357. The van der Waals surface area contributed by atoms with Crippen molar-refractivity contribution in [3.05, 3.63) is 29.8 Å². The molecule has 0 radical (unpaired) electrons. The molecule has 1 aromatic rings. The normalized spacial score (nSPS) is 10.7. The number of carbonyl (C=O) groups excluding carboxylic acids is 2. The van der Waals surface area contributed by atoms with Crippen molar-refractivity contribution < 1.29 is 18.0 Å². The Morgan fingerprint density at radius 1 is 1.04 bits per heavy atom. The molecule has 0 heterocycles. The predicted molar refractivity (Wildman–Crippen MR) is 86.3 cm³/mol. The molecule has 8 nitrogen and oxygen atoms in total. The number of hydrogen-bond acceptors (Lipinski definition) is 5. The number of amides is 2. The maximum absolute atomic E-state index is 12.0. The monoisotopic (exact) mass is 340 g/mol. The third-order valence-electron chi connectivity index (χ3n) is 2.60. The van der Waals surface area contributed by atoms with Gasteiger partial charge < -0.3 is 5.32 Å². The van der Waals surface area contributed by atoms with Crippen LogP contribution in [0, 0.1) is 6.92 Å². The second-order valence-corrected chi connectivity index (χ2v) is 6.78. The third-order valence-corrected chi connectivity index (χ3v) is 4.02. The summed E-state index contributed by atoms with van der Waals surface area (Å²) >= 11 is 0. The van der Waals surface area contributed by atoms with Crippen LogP contribution in [0.15, 0.2) is 34.3 Å². The molecule has 0 saturated carbocycles. The second kappa shape index (κ2) is 8.39. The highest BCUT2D eigenvalue weighted by Crippen LogP contribution is 2.09. The lowest BCUT2D eigenvalue weighted by Crippen LogP contribution is -2.41. The fourth-order valence-electron chi connectivity index (χ4n) is 1.42. The quantitative estimate of drug-likeness (QED) is 0.475. The van der Waals surface area contributed by atoms with Crippen molar-refractivity contribution >= 4 is 27.5 Å². The second-order valence-electron chi connectivity index (χ2n) is 5.01. The van der Waals surface area contributed by atoms with Gasteiger partial charge >= 0.3 is 0 Å². The van der Waals surface area contributed by atoms with Gasteiger partial charge in [-0.1, -0.05) is 17.7 Å². The van der Waals surface area contributed by atoms with E-state index in [1.807, 2.05) is 6.92 Å². The van der Waals surface area contributed by atoms with Crippen LogP contribution in [0.25, 0.3) is 0 Å². The predicted octanol–water partition coefficient (Wildman–Crippen LogP) is -0.0985. The summed E-state index contributed by atoms with van der Waals surface area (Å²) < 4.78 is 26.1. The minimum Gasteiger partial charge on any atom is -0.346 e. The minimum absolute atomic E-state index is 0.0707. The van der Waals surface area contributed by atoms with Crippen molar-refractivity contribution in [1.29, 1.82) is 0 Å². The number of hydrazone groups is 1. The van der Waals surface area contributed by atoms with Crippen LogP contribution in [-0.4, -0.2) is 39.0 Å². The summed E-state index contributed by atoms with van der Waals surface area (Å²) in [6.45, 7) is 4.51. The summed E-state index contributed by atoms with van der Waals surface area (Å²) in [5, 5.41) is 5.98. The summed E-state index contributed by atoms with van der Waals surface area (Å²) in [6, 6.07) is 6.23. The molecule has 1 aromatic carbocycles. The summed E-state index contributed by atoms with van der Waals surface area (Å²) in [5.41, 5.74) is 3.83. The molecule has 0 bridgehead atoms. The van der Waals surface area contributed by atoms with E-state index in [0.717, 1.165) is 5.56 Å². The van der Waals surface area contributed by atoms with Gasteiger partial charge in [-0.3, -0.25) is 9.59 Å². The van der Waals surface area contributed by atoms with E-state index < -0.39 is 28.4 Å². The van der Waals surface area contributed by atoms with Crippen LogP contribution < -0.4 is 15.5 Å². The molecule has 0 spiro atoms. The van der Waals surface area contributed by atoms with Crippen LogP contribution in [0.4, 0.5) is 0 Å². The van der Waals surface area contributed by atoms with Crippen molar-refractivity contribution in [3.8, 4) is 0 Å². The Bertz CT molecular complexity index is 692. The lowest BCUT2D eigenvalue weighted by Gasteiger charge is -2.07. The first-order chi connectivity index (χ1) is 10.7. The highest BCUT2D eigenvalue weighted by atomic mass is 32.2. The molecular formula is C14H20N4O4S. The molecule has 126 valence electrons. The molecule has 23 heavy (non-hydrogen) atoms. The van der Waals surface area contributed by atoms with Gasteiger partial charge in [0.15, 0.2) is 0 Å². The molecule has 0 aliphatic rings. The van der Waals surface area contributed by atoms with E-state index in [1.165, 1.54) is 12.1 Å². The largest absolute Gasteiger partial charge is 0.346 e.